The molecule has 11 nitrogen and oxygen atoms in total. The lowest BCUT2D eigenvalue weighted by Gasteiger charge is -2.34. The van der Waals surface area contributed by atoms with Crippen LogP contribution >= 0.6 is 11.5 Å². The second kappa shape index (κ2) is 10.6. The van der Waals surface area contributed by atoms with E-state index in [0.717, 1.165) is 103 Å². The van der Waals surface area contributed by atoms with E-state index in [0.29, 0.717) is 13.2 Å². The Hall–Kier alpha value is -2.93. The van der Waals surface area contributed by atoms with Crippen LogP contribution in [0.15, 0.2) is 18.3 Å². The molecule has 0 saturated carbocycles. The average Bonchev–Trinajstić information content (AvgIpc) is 3.72. The molecule has 0 spiro atoms. The standard InChI is InChI=1S/C27H34N8O3S/c1-17-13-21(34(30-17)23-7-3-5-10-37-23)25-26-27(39-32-25)19(14-22(29-26)33-9-12-36-16-18(33)2)20-15-28-35(31-20)24-8-4-6-11-38-24/h13-15,18,23-24H,3-12,16H2,1-2H3/t18-,23?,24?/m1/s1. The van der Waals surface area contributed by atoms with Crippen LogP contribution in [0.5, 0.6) is 0 Å². The summed E-state index contributed by atoms with van der Waals surface area (Å²) in [6.07, 6.45) is 7.92. The fourth-order valence-electron chi connectivity index (χ4n) is 5.75. The van der Waals surface area contributed by atoms with Gasteiger partial charge < -0.3 is 19.1 Å². The molecular formula is C27H34N8O3S. The zero-order valence-electron chi connectivity index (χ0n) is 22.5. The van der Waals surface area contributed by atoms with Crippen molar-refractivity contribution in [2.75, 3.05) is 37.9 Å². The highest BCUT2D eigenvalue weighted by Gasteiger charge is 2.28. The van der Waals surface area contributed by atoms with E-state index in [1.54, 1.807) is 4.80 Å². The fraction of sp³-hybridized carbons (Fsp3) is 0.593. The number of anilines is 1. The van der Waals surface area contributed by atoms with E-state index in [9.17, 15) is 0 Å². The molecule has 3 atom stereocenters. The van der Waals surface area contributed by atoms with Crippen molar-refractivity contribution in [2.45, 2.75) is 70.9 Å². The number of fused-ring (bicyclic) bond motifs is 1. The minimum Gasteiger partial charge on any atom is -0.377 e. The molecule has 0 bridgehead atoms. The van der Waals surface area contributed by atoms with Gasteiger partial charge in [-0.2, -0.15) is 24.5 Å². The molecule has 7 heterocycles. The van der Waals surface area contributed by atoms with Crippen molar-refractivity contribution in [1.29, 1.82) is 0 Å². The summed E-state index contributed by atoms with van der Waals surface area (Å²) in [5.74, 6) is 0.898. The molecule has 3 saturated heterocycles. The van der Waals surface area contributed by atoms with E-state index in [1.165, 1.54) is 11.5 Å². The van der Waals surface area contributed by atoms with Gasteiger partial charge in [0.05, 0.1) is 41.5 Å². The minimum absolute atomic E-state index is 0.0866. The van der Waals surface area contributed by atoms with Crippen LogP contribution in [0, 0.1) is 6.92 Å². The van der Waals surface area contributed by atoms with Gasteiger partial charge in [0.2, 0.25) is 0 Å². The highest BCUT2D eigenvalue weighted by atomic mass is 32.1. The summed E-state index contributed by atoms with van der Waals surface area (Å²) in [4.78, 5) is 9.26. The first-order chi connectivity index (χ1) is 19.2. The number of pyridine rings is 1. The summed E-state index contributed by atoms with van der Waals surface area (Å²) in [7, 11) is 0. The maximum atomic E-state index is 6.12. The summed E-state index contributed by atoms with van der Waals surface area (Å²) >= 11 is 1.45. The Morgan fingerprint density at radius 2 is 1.79 bits per heavy atom. The summed E-state index contributed by atoms with van der Waals surface area (Å²) in [6.45, 7) is 7.81. The first-order valence-electron chi connectivity index (χ1n) is 14.0. The molecule has 7 rings (SSSR count). The molecule has 3 aliphatic heterocycles. The maximum Gasteiger partial charge on any atom is 0.169 e. The number of hydrogen-bond acceptors (Lipinski definition) is 10. The smallest absolute Gasteiger partial charge is 0.169 e. The van der Waals surface area contributed by atoms with Gasteiger partial charge in [0.15, 0.2) is 12.5 Å². The lowest BCUT2D eigenvalue weighted by atomic mass is 10.1. The van der Waals surface area contributed by atoms with E-state index < -0.39 is 0 Å². The maximum absolute atomic E-state index is 6.12. The monoisotopic (exact) mass is 550 g/mol. The average molecular weight is 551 g/mol. The molecule has 0 radical (unpaired) electrons. The molecule has 4 aromatic rings. The van der Waals surface area contributed by atoms with E-state index in [-0.39, 0.29) is 18.5 Å². The van der Waals surface area contributed by atoms with E-state index >= 15 is 0 Å². The van der Waals surface area contributed by atoms with Gasteiger partial charge >= 0.3 is 0 Å². The Morgan fingerprint density at radius 1 is 0.974 bits per heavy atom. The summed E-state index contributed by atoms with van der Waals surface area (Å²) in [5.41, 5.74) is 5.35. The lowest BCUT2D eigenvalue weighted by Crippen LogP contribution is -2.44. The lowest BCUT2D eigenvalue weighted by molar-refractivity contribution is -0.0479. The Morgan fingerprint density at radius 3 is 2.56 bits per heavy atom. The van der Waals surface area contributed by atoms with Gasteiger partial charge in [-0.25, -0.2) is 9.67 Å². The summed E-state index contributed by atoms with van der Waals surface area (Å²) in [5, 5.41) is 14.3. The molecule has 4 aromatic heterocycles. The zero-order chi connectivity index (χ0) is 26.3. The van der Waals surface area contributed by atoms with E-state index in [4.69, 9.17) is 33.8 Å². The number of nitrogens with zero attached hydrogens (tertiary/aromatic N) is 8. The van der Waals surface area contributed by atoms with Gasteiger partial charge in [0, 0.05) is 25.3 Å². The van der Waals surface area contributed by atoms with Crippen LogP contribution in [0.1, 0.15) is 63.6 Å². The van der Waals surface area contributed by atoms with Gasteiger partial charge in [0.1, 0.15) is 22.7 Å². The van der Waals surface area contributed by atoms with Crippen LogP contribution < -0.4 is 4.90 Å². The number of morpholine rings is 1. The largest absolute Gasteiger partial charge is 0.377 e. The highest BCUT2D eigenvalue weighted by Crippen LogP contribution is 2.40. The van der Waals surface area contributed by atoms with Gasteiger partial charge in [-0.15, -0.1) is 0 Å². The van der Waals surface area contributed by atoms with Crippen LogP contribution in [0.25, 0.3) is 32.9 Å². The molecular weight excluding hydrogens is 516 g/mol. The van der Waals surface area contributed by atoms with Crippen molar-refractivity contribution in [3.63, 3.8) is 0 Å². The number of aryl methyl sites for hydroxylation is 1. The second-order valence-corrected chi connectivity index (χ2v) is 11.4. The van der Waals surface area contributed by atoms with E-state index in [1.807, 2.05) is 17.8 Å². The molecule has 2 unspecified atom stereocenters. The third kappa shape index (κ3) is 4.73. The molecule has 0 aliphatic carbocycles. The van der Waals surface area contributed by atoms with Crippen LogP contribution in [0.2, 0.25) is 0 Å². The van der Waals surface area contributed by atoms with Gasteiger partial charge in [-0.3, -0.25) is 0 Å². The molecule has 3 fully saturated rings. The molecule has 12 heteroatoms. The number of ether oxygens (including phenoxy) is 3. The first kappa shape index (κ1) is 25.1. The molecule has 39 heavy (non-hydrogen) atoms. The van der Waals surface area contributed by atoms with Gasteiger partial charge in [-0.1, -0.05) is 0 Å². The Bertz CT molecular complexity index is 1450. The zero-order valence-corrected chi connectivity index (χ0v) is 23.3. The topological polar surface area (TPSA) is 105 Å². The van der Waals surface area contributed by atoms with Crippen molar-refractivity contribution >= 4 is 27.6 Å². The number of rotatable bonds is 5. The van der Waals surface area contributed by atoms with Crippen molar-refractivity contribution in [3.05, 3.63) is 24.0 Å². The first-order valence-corrected chi connectivity index (χ1v) is 14.8. The Labute approximate surface area is 231 Å². The normalized spacial score (nSPS) is 24.5. The quantitative estimate of drug-likeness (QED) is 0.348. The van der Waals surface area contributed by atoms with Crippen LogP contribution in [0.3, 0.4) is 0 Å². The van der Waals surface area contributed by atoms with Gasteiger partial charge in [0.25, 0.3) is 0 Å². The SMILES string of the molecule is Cc1cc(-c2nsc3c(-c4cnn(C5CCCCO5)n4)cc(N4CCOC[C@H]4C)nc23)n(C2CCCCO2)n1. The van der Waals surface area contributed by atoms with Crippen LogP contribution in [-0.4, -0.2) is 73.1 Å². The Kier molecular flexibility index (Phi) is 6.79. The number of hydrogen-bond donors (Lipinski definition) is 0. The van der Waals surface area contributed by atoms with Crippen molar-refractivity contribution in [3.8, 4) is 22.6 Å². The molecule has 3 aliphatic rings. The van der Waals surface area contributed by atoms with Crippen LogP contribution in [0.4, 0.5) is 5.82 Å². The molecule has 0 N–H and O–H groups in total. The van der Waals surface area contributed by atoms with Gasteiger partial charge in [-0.05, 0) is 76.0 Å². The van der Waals surface area contributed by atoms with Crippen molar-refractivity contribution < 1.29 is 14.2 Å². The summed E-state index contributed by atoms with van der Waals surface area (Å²) in [6, 6.07) is 4.44. The van der Waals surface area contributed by atoms with Crippen LogP contribution in [-0.2, 0) is 14.2 Å². The highest BCUT2D eigenvalue weighted by molar-refractivity contribution is 7.14. The molecule has 0 aromatic carbocycles. The predicted molar refractivity (Wildman–Crippen MR) is 148 cm³/mol. The minimum atomic E-state index is -0.117. The molecule has 0 amide bonds. The Balaban J connectivity index is 1.36. The third-order valence-corrected chi connectivity index (χ3v) is 8.67. The van der Waals surface area contributed by atoms with Crippen molar-refractivity contribution in [2.24, 2.45) is 0 Å². The second-order valence-electron chi connectivity index (χ2n) is 10.7. The van der Waals surface area contributed by atoms with E-state index in [2.05, 4.69) is 29.1 Å². The van der Waals surface area contributed by atoms with Crippen molar-refractivity contribution in [1.82, 2.24) is 34.1 Å². The third-order valence-electron chi connectivity index (χ3n) is 7.80. The summed E-state index contributed by atoms with van der Waals surface area (Å²) < 4.78 is 25.7. The molecule has 206 valence electrons. The predicted octanol–water partition coefficient (Wildman–Crippen LogP) is 4.75. The number of aromatic nitrogens is 7. The fourth-order valence-corrected chi connectivity index (χ4v) is 6.61.